The van der Waals surface area contributed by atoms with Crippen LogP contribution >= 0.6 is 0 Å². The van der Waals surface area contributed by atoms with Gasteiger partial charge < -0.3 is 15.0 Å². The summed E-state index contributed by atoms with van der Waals surface area (Å²) in [4.78, 5) is 7.26. The third-order valence-electron chi connectivity index (χ3n) is 4.39. The Balaban J connectivity index is 1.65. The molecule has 0 unspecified atom stereocenters. The second kappa shape index (κ2) is 6.55. The predicted molar refractivity (Wildman–Crippen MR) is 81.2 cm³/mol. The number of rotatable bonds is 3. The maximum absolute atomic E-state index is 5.40. The highest BCUT2D eigenvalue weighted by Crippen LogP contribution is 2.26. The smallest absolute Gasteiger partial charge is 0.126 e. The van der Waals surface area contributed by atoms with Crippen molar-refractivity contribution in [3.05, 3.63) is 23.9 Å². The van der Waals surface area contributed by atoms with Crippen LogP contribution in [0.25, 0.3) is 0 Å². The molecule has 3 heterocycles. The average Bonchev–Trinajstić information content (AvgIpc) is 2.49. The first-order chi connectivity index (χ1) is 9.81. The molecule has 1 N–H and O–H groups in total. The van der Waals surface area contributed by atoms with Crippen molar-refractivity contribution in [1.82, 2.24) is 9.88 Å². The van der Waals surface area contributed by atoms with E-state index in [0.717, 1.165) is 38.4 Å². The predicted octanol–water partition coefficient (Wildman–Crippen LogP) is 2.48. The fraction of sp³-hybridized carbons (Fsp3) is 0.688. The van der Waals surface area contributed by atoms with Crippen LogP contribution in [0.3, 0.4) is 0 Å². The van der Waals surface area contributed by atoms with Crippen molar-refractivity contribution in [3.8, 4) is 0 Å². The van der Waals surface area contributed by atoms with Gasteiger partial charge in [-0.15, -0.1) is 0 Å². The van der Waals surface area contributed by atoms with Crippen molar-refractivity contribution < 1.29 is 4.74 Å². The molecule has 3 rings (SSSR count). The van der Waals surface area contributed by atoms with Gasteiger partial charge in [-0.25, -0.2) is 4.98 Å². The minimum atomic E-state index is 0.514. The molecule has 0 aliphatic carbocycles. The van der Waals surface area contributed by atoms with E-state index in [4.69, 9.17) is 9.72 Å². The number of hydrogen-bond donors (Lipinski definition) is 1. The summed E-state index contributed by atoms with van der Waals surface area (Å²) >= 11 is 0. The van der Waals surface area contributed by atoms with Gasteiger partial charge in [-0.3, -0.25) is 0 Å². The van der Waals surface area contributed by atoms with Crippen LogP contribution in [0.15, 0.2) is 18.2 Å². The summed E-state index contributed by atoms with van der Waals surface area (Å²) in [5.74, 6) is 1.62. The third-order valence-corrected chi connectivity index (χ3v) is 4.39. The summed E-state index contributed by atoms with van der Waals surface area (Å²) in [6.45, 7) is 4.08. The second-order valence-electron chi connectivity index (χ2n) is 6.08. The summed E-state index contributed by atoms with van der Waals surface area (Å²) in [7, 11) is 2.20. The Morgan fingerprint density at radius 2 is 2.10 bits per heavy atom. The molecule has 0 radical (unpaired) electrons. The van der Waals surface area contributed by atoms with E-state index in [2.05, 4.69) is 35.5 Å². The van der Waals surface area contributed by atoms with Gasteiger partial charge in [0.15, 0.2) is 0 Å². The van der Waals surface area contributed by atoms with Gasteiger partial charge in [-0.05, 0) is 51.4 Å². The Labute approximate surface area is 121 Å². The molecule has 4 heteroatoms. The molecule has 0 bridgehead atoms. The third kappa shape index (κ3) is 3.49. The zero-order valence-electron chi connectivity index (χ0n) is 12.3. The van der Waals surface area contributed by atoms with Crippen LogP contribution in [0.4, 0.5) is 5.82 Å². The van der Waals surface area contributed by atoms with E-state index in [1.54, 1.807) is 0 Å². The molecule has 2 aliphatic rings. The number of aromatic nitrogens is 1. The number of nitrogens with one attached hydrogen (secondary N) is 1. The number of hydrogen-bond acceptors (Lipinski definition) is 4. The Bertz CT molecular complexity index is 431. The lowest BCUT2D eigenvalue weighted by atomic mass is 9.94. The number of nitrogens with zero attached hydrogens (tertiary/aromatic N) is 2. The number of pyridine rings is 1. The first kappa shape index (κ1) is 13.8. The number of piperidine rings is 1. The number of likely N-dealkylation sites (tertiary alicyclic amines) is 1. The molecule has 0 aromatic carbocycles. The molecule has 20 heavy (non-hydrogen) atoms. The molecular formula is C16H25N3O. The van der Waals surface area contributed by atoms with E-state index in [0.29, 0.717) is 12.0 Å². The molecule has 110 valence electrons. The fourth-order valence-corrected chi connectivity index (χ4v) is 3.22. The lowest BCUT2D eigenvalue weighted by Gasteiger charge is -2.29. The normalized spacial score (nSPS) is 25.6. The molecule has 1 aromatic heterocycles. The van der Waals surface area contributed by atoms with Gasteiger partial charge in [0, 0.05) is 37.4 Å². The summed E-state index contributed by atoms with van der Waals surface area (Å²) < 4.78 is 5.40. The zero-order valence-corrected chi connectivity index (χ0v) is 12.3. The summed E-state index contributed by atoms with van der Waals surface area (Å²) in [6, 6.07) is 6.92. The standard InChI is InChI=1S/C16H25N3O/c1-19-9-3-4-13(12-19)15-5-2-6-16(18-15)17-14-7-10-20-11-8-14/h2,5-6,13-14H,3-4,7-12H2,1H3,(H,17,18)/t13-/m1/s1. The molecule has 1 aromatic rings. The highest BCUT2D eigenvalue weighted by molar-refractivity contribution is 5.37. The molecule has 4 nitrogen and oxygen atoms in total. The SMILES string of the molecule is CN1CCC[C@@H](c2cccc(NC3CCOCC3)n2)C1. The fourth-order valence-electron chi connectivity index (χ4n) is 3.22. The van der Waals surface area contributed by atoms with Crippen molar-refractivity contribution in [2.45, 2.75) is 37.6 Å². The van der Waals surface area contributed by atoms with Crippen LogP contribution < -0.4 is 5.32 Å². The quantitative estimate of drug-likeness (QED) is 0.919. The second-order valence-corrected chi connectivity index (χ2v) is 6.08. The van der Waals surface area contributed by atoms with Gasteiger partial charge in [-0.1, -0.05) is 6.07 Å². The van der Waals surface area contributed by atoms with E-state index in [9.17, 15) is 0 Å². The average molecular weight is 275 g/mol. The lowest BCUT2D eigenvalue weighted by molar-refractivity contribution is 0.0904. The highest BCUT2D eigenvalue weighted by Gasteiger charge is 2.20. The molecule has 0 spiro atoms. The van der Waals surface area contributed by atoms with Crippen molar-refractivity contribution in [2.24, 2.45) is 0 Å². The van der Waals surface area contributed by atoms with Crippen LogP contribution in [-0.2, 0) is 4.74 Å². The van der Waals surface area contributed by atoms with Crippen molar-refractivity contribution in [1.29, 1.82) is 0 Å². The highest BCUT2D eigenvalue weighted by atomic mass is 16.5. The van der Waals surface area contributed by atoms with Gasteiger partial charge >= 0.3 is 0 Å². The summed E-state index contributed by atoms with van der Waals surface area (Å²) in [5, 5.41) is 3.57. The molecule has 1 atom stereocenters. The topological polar surface area (TPSA) is 37.4 Å². The van der Waals surface area contributed by atoms with Gasteiger partial charge in [0.2, 0.25) is 0 Å². The van der Waals surface area contributed by atoms with E-state index < -0.39 is 0 Å². The van der Waals surface area contributed by atoms with E-state index in [1.807, 2.05) is 0 Å². The maximum atomic E-state index is 5.40. The van der Waals surface area contributed by atoms with Gasteiger partial charge in [0.05, 0.1) is 0 Å². The van der Waals surface area contributed by atoms with Gasteiger partial charge in [-0.2, -0.15) is 0 Å². The number of anilines is 1. The Hall–Kier alpha value is -1.13. The molecule has 0 amide bonds. The Morgan fingerprint density at radius 3 is 2.90 bits per heavy atom. The van der Waals surface area contributed by atoms with Crippen LogP contribution in [0, 0.1) is 0 Å². The van der Waals surface area contributed by atoms with Gasteiger partial charge in [0.1, 0.15) is 5.82 Å². The van der Waals surface area contributed by atoms with Crippen LogP contribution in [0.2, 0.25) is 0 Å². The van der Waals surface area contributed by atoms with Crippen LogP contribution in [-0.4, -0.2) is 49.3 Å². The van der Waals surface area contributed by atoms with Gasteiger partial charge in [0.25, 0.3) is 0 Å². The number of likely N-dealkylation sites (N-methyl/N-ethyl adjacent to an activating group) is 1. The van der Waals surface area contributed by atoms with Crippen molar-refractivity contribution in [3.63, 3.8) is 0 Å². The first-order valence-electron chi connectivity index (χ1n) is 7.81. The lowest BCUT2D eigenvalue weighted by Crippen LogP contribution is -2.31. The summed E-state index contributed by atoms with van der Waals surface area (Å²) in [5.41, 5.74) is 1.24. The van der Waals surface area contributed by atoms with Crippen molar-refractivity contribution >= 4 is 5.82 Å². The number of ether oxygens (including phenoxy) is 1. The minimum Gasteiger partial charge on any atom is -0.381 e. The molecule has 2 fully saturated rings. The molecule has 2 saturated heterocycles. The van der Waals surface area contributed by atoms with Crippen LogP contribution in [0.1, 0.15) is 37.3 Å². The molecule has 0 saturated carbocycles. The van der Waals surface area contributed by atoms with E-state index in [1.165, 1.54) is 25.1 Å². The Morgan fingerprint density at radius 1 is 1.25 bits per heavy atom. The van der Waals surface area contributed by atoms with E-state index >= 15 is 0 Å². The monoisotopic (exact) mass is 275 g/mol. The molecule has 2 aliphatic heterocycles. The zero-order chi connectivity index (χ0) is 13.8. The van der Waals surface area contributed by atoms with Crippen molar-refractivity contribution in [2.75, 3.05) is 38.7 Å². The van der Waals surface area contributed by atoms with E-state index in [-0.39, 0.29) is 0 Å². The first-order valence-corrected chi connectivity index (χ1v) is 7.81. The largest absolute Gasteiger partial charge is 0.381 e. The summed E-state index contributed by atoms with van der Waals surface area (Å²) in [6.07, 6.45) is 4.70. The maximum Gasteiger partial charge on any atom is 0.126 e. The minimum absolute atomic E-state index is 0.514. The van der Waals surface area contributed by atoms with Crippen LogP contribution in [0.5, 0.6) is 0 Å². The Kier molecular flexibility index (Phi) is 4.53. The molecular weight excluding hydrogens is 250 g/mol.